The van der Waals surface area contributed by atoms with Gasteiger partial charge in [-0.2, -0.15) is 0 Å². The van der Waals surface area contributed by atoms with Gasteiger partial charge in [-0.3, -0.25) is 0 Å². The molecule has 0 fully saturated rings. The van der Waals surface area contributed by atoms with Crippen molar-refractivity contribution >= 4 is 33.2 Å². The van der Waals surface area contributed by atoms with Crippen LogP contribution in [0.4, 0.5) is 5.69 Å². The molecule has 0 radical (unpaired) electrons. The van der Waals surface area contributed by atoms with Crippen molar-refractivity contribution in [3.8, 4) is 11.5 Å². The number of anilines is 1. The van der Waals surface area contributed by atoms with Gasteiger partial charge in [0.2, 0.25) is 0 Å². The highest BCUT2D eigenvalue weighted by atomic mass is 79.9. The fraction of sp³-hybridized carbons (Fsp3) is 0.259. The summed E-state index contributed by atoms with van der Waals surface area (Å²) in [4.78, 5) is 0. The molecule has 1 heterocycles. The summed E-state index contributed by atoms with van der Waals surface area (Å²) >= 11 is 10.0. The van der Waals surface area contributed by atoms with Gasteiger partial charge in [-0.15, -0.1) is 0 Å². The summed E-state index contributed by atoms with van der Waals surface area (Å²) in [5.41, 5.74) is 6.04. The Morgan fingerprint density at radius 3 is 2.78 bits per heavy atom. The molecule has 3 atom stereocenters. The molecule has 1 aliphatic heterocycles. The predicted octanol–water partition coefficient (Wildman–Crippen LogP) is 7.83. The smallest absolute Gasteiger partial charge is 0.175 e. The summed E-state index contributed by atoms with van der Waals surface area (Å²) in [5.74, 6) is 2.29. The van der Waals surface area contributed by atoms with Crippen LogP contribution in [-0.4, -0.2) is 7.11 Å². The van der Waals surface area contributed by atoms with Gasteiger partial charge in [0.05, 0.1) is 17.6 Å². The van der Waals surface area contributed by atoms with E-state index in [9.17, 15) is 0 Å². The van der Waals surface area contributed by atoms with Crippen molar-refractivity contribution in [3.63, 3.8) is 0 Å². The molecule has 32 heavy (non-hydrogen) atoms. The average Bonchev–Trinajstić information content (AvgIpc) is 3.29. The lowest BCUT2D eigenvalue weighted by molar-refractivity contribution is 0.282. The molecular weight excluding hydrogens is 486 g/mol. The van der Waals surface area contributed by atoms with E-state index >= 15 is 0 Å². The van der Waals surface area contributed by atoms with E-state index in [-0.39, 0.29) is 6.04 Å². The number of fused-ring (bicyclic) bond motifs is 3. The minimum absolute atomic E-state index is 0.186. The highest BCUT2D eigenvalue weighted by Crippen LogP contribution is 2.52. The number of benzene rings is 3. The second-order valence-corrected chi connectivity index (χ2v) is 9.69. The third kappa shape index (κ3) is 3.80. The third-order valence-corrected chi connectivity index (χ3v) is 7.50. The van der Waals surface area contributed by atoms with E-state index < -0.39 is 0 Å². The number of allylic oxidation sites excluding steroid dienone is 2. The first kappa shape index (κ1) is 21.4. The standard InChI is InChI=1S/C27H25BrClNO2/c1-16-7-5-10-20-19-9-6-11-21(19)26(30-25(16)20)18-13-22(28)27(24(14-18)31-2)32-15-17-8-3-4-12-23(17)29/h3-10,12-14,19,21,26,30H,11,15H2,1-2H3/t19-,21-,26-/m0/s1. The monoisotopic (exact) mass is 509 g/mol. The number of hydrogen-bond acceptors (Lipinski definition) is 3. The Balaban J connectivity index is 1.48. The fourth-order valence-corrected chi connectivity index (χ4v) is 5.70. The maximum absolute atomic E-state index is 6.30. The lowest BCUT2D eigenvalue weighted by atomic mass is 9.76. The molecule has 0 amide bonds. The predicted molar refractivity (Wildman–Crippen MR) is 134 cm³/mol. The molecule has 5 rings (SSSR count). The molecule has 0 unspecified atom stereocenters. The van der Waals surface area contributed by atoms with E-state index in [2.05, 4.69) is 70.7 Å². The van der Waals surface area contributed by atoms with Gasteiger partial charge in [0.15, 0.2) is 11.5 Å². The molecule has 0 spiro atoms. The van der Waals surface area contributed by atoms with E-state index in [4.69, 9.17) is 21.1 Å². The number of hydrogen-bond donors (Lipinski definition) is 1. The van der Waals surface area contributed by atoms with E-state index in [1.54, 1.807) is 7.11 Å². The van der Waals surface area contributed by atoms with Gasteiger partial charge in [0, 0.05) is 22.2 Å². The number of methoxy groups -OCH3 is 1. The van der Waals surface area contributed by atoms with Crippen LogP contribution in [0.25, 0.3) is 0 Å². The van der Waals surface area contributed by atoms with Crippen molar-refractivity contribution in [2.75, 3.05) is 12.4 Å². The zero-order valence-electron chi connectivity index (χ0n) is 18.1. The summed E-state index contributed by atoms with van der Waals surface area (Å²) in [6, 6.07) is 18.7. The Morgan fingerprint density at radius 2 is 1.97 bits per heavy atom. The quantitative estimate of drug-likeness (QED) is 0.355. The summed E-state index contributed by atoms with van der Waals surface area (Å²) in [6.45, 7) is 2.54. The molecule has 5 heteroatoms. The van der Waals surface area contributed by atoms with Crippen LogP contribution in [0.1, 0.15) is 40.6 Å². The normalized spacial score (nSPS) is 20.9. The molecule has 3 nitrogen and oxygen atoms in total. The topological polar surface area (TPSA) is 30.5 Å². The maximum atomic E-state index is 6.30. The van der Waals surface area contributed by atoms with Gasteiger partial charge in [0.1, 0.15) is 6.61 Å². The van der Waals surface area contributed by atoms with Gasteiger partial charge < -0.3 is 14.8 Å². The van der Waals surface area contributed by atoms with Crippen molar-refractivity contribution in [3.05, 3.63) is 98.5 Å². The Bertz CT molecular complexity index is 1190. The first-order chi connectivity index (χ1) is 15.6. The van der Waals surface area contributed by atoms with Crippen molar-refractivity contribution in [2.45, 2.75) is 31.9 Å². The van der Waals surface area contributed by atoms with Crippen LogP contribution in [0.5, 0.6) is 11.5 Å². The number of aryl methyl sites for hydroxylation is 1. The second kappa shape index (κ2) is 8.84. The number of halogens is 2. The summed E-state index contributed by atoms with van der Waals surface area (Å²) in [5, 5.41) is 4.54. The Morgan fingerprint density at radius 1 is 1.12 bits per heavy atom. The first-order valence-electron chi connectivity index (χ1n) is 10.8. The largest absolute Gasteiger partial charge is 0.493 e. The summed E-state index contributed by atoms with van der Waals surface area (Å²) in [7, 11) is 1.68. The molecule has 3 aromatic rings. The number of para-hydroxylation sites is 1. The van der Waals surface area contributed by atoms with Crippen LogP contribution in [0, 0.1) is 12.8 Å². The maximum Gasteiger partial charge on any atom is 0.175 e. The molecule has 2 aliphatic rings. The minimum atomic E-state index is 0.186. The molecule has 1 aliphatic carbocycles. The Kier molecular flexibility index (Phi) is 5.92. The average molecular weight is 511 g/mol. The zero-order valence-corrected chi connectivity index (χ0v) is 20.4. The number of ether oxygens (including phenoxy) is 2. The van der Waals surface area contributed by atoms with E-state index in [1.165, 1.54) is 22.4 Å². The molecule has 0 bridgehead atoms. The summed E-state index contributed by atoms with van der Waals surface area (Å²) < 4.78 is 12.8. The van der Waals surface area contributed by atoms with Crippen molar-refractivity contribution in [1.29, 1.82) is 0 Å². The van der Waals surface area contributed by atoms with Crippen LogP contribution < -0.4 is 14.8 Å². The summed E-state index contributed by atoms with van der Waals surface area (Å²) in [6.07, 6.45) is 5.74. The molecule has 0 saturated carbocycles. The lowest BCUT2D eigenvalue weighted by Gasteiger charge is -2.38. The molecular formula is C27H25BrClNO2. The van der Waals surface area contributed by atoms with Gasteiger partial charge in [0.25, 0.3) is 0 Å². The first-order valence-corrected chi connectivity index (χ1v) is 12.0. The highest BCUT2D eigenvalue weighted by Gasteiger charge is 2.38. The molecule has 3 aromatic carbocycles. The number of rotatable bonds is 5. The van der Waals surface area contributed by atoms with Crippen molar-refractivity contribution < 1.29 is 9.47 Å². The van der Waals surface area contributed by atoms with Crippen LogP contribution in [0.3, 0.4) is 0 Å². The molecule has 0 saturated heterocycles. The second-order valence-electron chi connectivity index (χ2n) is 8.43. The zero-order chi connectivity index (χ0) is 22.2. The van der Waals surface area contributed by atoms with Crippen molar-refractivity contribution in [1.82, 2.24) is 0 Å². The van der Waals surface area contributed by atoms with Gasteiger partial charge in [-0.05, 0) is 70.1 Å². The Labute approximate surface area is 202 Å². The SMILES string of the molecule is COc1cc([C@@H]2Nc3c(C)cccc3[C@@H]3C=CC[C@@H]32)cc(Br)c1OCc1ccccc1Cl. The Hall–Kier alpha value is -2.43. The van der Waals surface area contributed by atoms with Gasteiger partial charge in [-0.1, -0.05) is 60.2 Å². The third-order valence-electron chi connectivity index (χ3n) is 6.55. The van der Waals surface area contributed by atoms with Crippen LogP contribution >= 0.6 is 27.5 Å². The lowest BCUT2D eigenvalue weighted by Crippen LogP contribution is -2.29. The molecule has 1 N–H and O–H groups in total. The van der Waals surface area contributed by atoms with Crippen LogP contribution in [0.2, 0.25) is 5.02 Å². The van der Waals surface area contributed by atoms with Crippen LogP contribution in [-0.2, 0) is 6.61 Å². The van der Waals surface area contributed by atoms with E-state index in [0.29, 0.717) is 35.0 Å². The van der Waals surface area contributed by atoms with E-state index in [1.807, 2.05) is 24.3 Å². The van der Waals surface area contributed by atoms with Gasteiger partial charge >= 0.3 is 0 Å². The molecule has 0 aromatic heterocycles. The van der Waals surface area contributed by atoms with E-state index in [0.717, 1.165) is 16.5 Å². The van der Waals surface area contributed by atoms with Gasteiger partial charge in [-0.25, -0.2) is 0 Å². The minimum Gasteiger partial charge on any atom is -0.493 e. The van der Waals surface area contributed by atoms with Crippen LogP contribution in [0.15, 0.2) is 71.2 Å². The number of nitrogens with one attached hydrogen (secondary N) is 1. The van der Waals surface area contributed by atoms with Crippen molar-refractivity contribution in [2.24, 2.45) is 5.92 Å². The highest BCUT2D eigenvalue weighted by molar-refractivity contribution is 9.10. The fourth-order valence-electron chi connectivity index (χ4n) is 4.93. The molecule has 164 valence electrons.